The van der Waals surface area contributed by atoms with Crippen molar-refractivity contribution in [1.29, 1.82) is 0 Å². The number of rotatable bonds is 7. The highest BCUT2D eigenvalue weighted by molar-refractivity contribution is 7.89. The van der Waals surface area contributed by atoms with E-state index in [4.69, 9.17) is 5.11 Å². The normalized spacial score (nSPS) is 20.6. The lowest BCUT2D eigenvalue weighted by atomic mass is 10.1. The molecule has 1 atom stereocenters. The van der Waals surface area contributed by atoms with Crippen molar-refractivity contribution in [2.45, 2.75) is 55.5 Å². The van der Waals surface area contributed by atoms with Gasteiger partial charge < -0.3 is 10.0 Å². The number of sulfonamides is 1. The van der Waals surface area contributed by atoms with Crippen LogP contribution in [0.4, 0.5) is 0 Å². The van der Waals surface area contributed by atoms with Gasteiger partial charge in [-0.1, -0.05) is 12.1 Å². The first kappa shape index (κ1) is 17.9. The third-order valence-corrected chi connectivity index (χ3v) is 6.15. The number of likely N-dealkylation sites (tertiary alicyclic amines) is 1. The van der Waals surface area contributed by atoms with E-state index in [0.717, 1.165) is 18.4 Å². The first-order valence-corrected chi connectivity index (χ1v) is 9.99. The van der Waals surface area contributed by atoms with Crippen molar-refractivity contribution >= 4 is 21.9 Å². The van der Waals surface area contributed by atoms with Crippen LogP contribution in [0.25, 0.3) is 0 Å². The molecule has 0 bridgehead atoms. The molecule has 25 heavy (non-hydrogen) atoms. The fourth-order valence-corrected chi connectivity index (χ4v) is 4.35. The third kappa shape index (κ3) is 4.38. The van der Waals surface area contributed by atoms with Crippen LogP contribution in [0.3, 0.4) is 0 Å². The number of amides is 1. The summed E-state index contributed by atoms with van der Waals surface area (Å²) in [7, 11) is -3.47. The molecule has 2 fully saturated rings. The van der Waals surface area contributed by atoms with Crippen molar-refractivity contribution < 1.29 is 23.1 Å². The van der Waals surface area contributed by atoms with Crippen LogP contribution in [0.1, 0.15) is 37.7 Å². The molecule has 2 N–H and O–H groups in total. The van der Waals surface area contributed by atoms with Gasteiger partial charge in [0, 0.05) is 19.0 Å². The highest BCUT2D eigenvalue weighted by atomic mass is 32.2. The van der Waals surface area contributed by atoms with Gasteiger partial charge in [0.25, 0.3) is 0 Å². The Morgan fingerprint density at radius 2 is 1.84 bits per heavy atom. The molecule has 0 unspecified atom stereocenters. The first-order valence-electron chi connectivity index (χ1n) is 8.50. The third-order valence-electron chi connectivity index (χ3n) is 4.62. The Morgan fingerprint density at radius 3 is 2.44 bits per heavy atom. The molecule has 8 heteroatoms. The highest BCUT2D eigenvalue weighted by Gasteiger charge is 2.33. The second kappa shape index (κ2) is 7.13. The summed E-state index contributed by atoms with van der Waals surface area (Å²) < 4.78 is 26.8. The number of hydrogen-bond donors (Lipinski definition) is 2. The van der Waals surface area contributed by atoms with E-state index in [1.54, 1.807) is 24.3 Å². The molecule has 0 radical (unpaired) electrons. The van der Waals surface area contributed by atoms with Crippen molar-refractivity contribution in [2.75, 3.05) is 6.54 Å². The van der Waals surface area contributed by atoms with Crippen LogP contribution in [0, 0.1) is 0 Å². The number of carbonyl (C=O) groups is 2. The number of hydrogen-bond acceptors (Lipinski definition) is 4. The Hall–Kier alpha value is -1.93. The minimum atomic E-state index is -3.47. The van der Waals surface area contributed by atoms with Crippen LogP contribution in [0.2, 0.25) is 0 Å². The number of benzene rings is 1. The fourth-order valence-electron chi connectivity index (χ4n) is 3.04. The van der Waals surface area contributed by atoms with E-state index in [2.05, 4.69) is 4.72 Å². The fraction of sp³-hybridized carbons (Fsp3) is 0.529. The Balaban J connectivity index is 1.56. The summed E-state index contributed by atoms with van der Waals surface area (Å²) in [6.45, 7) is 0.486. The molecule has 1 aromatic carbocycles. The number of carbonyl (C=O) groups excluding carboxylic acids is 1. The number of carboxylic acids is 1. The quantitative estimate of drug-likeness (QED) is 0.753. The summed E-state index contributed by atoms with van der Waals surface area (Å²) in [6.07, 6.45) is 3.65. The molecular formula is C17H22N2O5S. The first-order chi connectivity index (χ1) is 11.9. The maximum absolute atomic E-state index is 12.2. The summed E-state index contributed by atoms with van der Waals surface area (Å²) in [5.41, 5.74) is 0.852. The zero-order valence-corrected chi connectivity index (χ0v) is 14.7. The molecule has 1 saturated heterocycles. The zero-order chi connectivity index (χ0) is 18.0. The van der Waals surface area contributed by atoms with Gasteiger partial charge >= 0.3 is 5.97 Å². The van der Waals surface area contributed by atoms with Gasteiger partial charge in [-0.3, -0.25) is 4.79 Å². The Labute approximate surface area is 147 Å². The number of aryl methyl sites for hydroxylation is 1. The molecule has 7 nitrogen and oxygen atoms in total. The van der Waals surface area contributed by atoms with Gasteiger partial charge in [-0.15, -0.1) is 0 Å². The molecule has 136 valence electrons. The average Bonchev–Trinajstić information content (AvgIpc) is 3.23. The van der Waals surface area contributed by atoms with Crippen molar-refractivity contribution in [2.24, 2.45) is 0 Å². The molecule has 1 saturated carbocycles. The largest absolute Gasteiger partial charge is 0.480 e. The maximum Gasteiger partial charge on any atom is 0.326 e. The van der Waals surface area contributed by atoms with E-state index in [1.807, 2.05) is 0 Å². The van der Waals surface area contributed by atoms with E-state index in [0.29, 0.717) is 25.8 Å². The maximum atomic E-state index is 12.2. The molecule has 1 aromatic rings. The molecule has 2 aliphatic rings. The van der Waals surface area contributed by atoms with Gasteiger partial charge in [-0.05, 0) is 49.8 Å². The molecular weight excluding hydrogens is 344 g/mol. The van der Waals surface area contributed by atoms with Crippen LogP contribution in [-0.2, 0) is 26.0 Å². The number of carboxylic acid groups (broad SMARTS) is 1. The predicted octanol–water partition coefficient (Wildman–Crippen LogP) is 1.14. The van der Waals surface area contributed by atoms with Crippen LogP contribution in [0.5, 0.6) is 0 Å². The average molecular weight is 366 g/mol. The SMILES string of the molecule is O=C(O)[C@H]1CCCN1C(=O)CCc1ccc(S(=O)(=O)NC2CC2)cc1. The van der Waals surface area contributed by atoms with Crippen molar-refractivity contribution in [3.63, 3.8) is 0 Å². The van der Waals surface area contributed by atoms with Gasteiger partial charge in [-0.25, -0.2) is 17.9 Å². The number of nitrogens with zero attached hydrogens (tertiary/aromatic N) is 1. The van der Waals surface area contributed by atoms with Gasteiger partial charge in [0.05, 0.1) is 4.90 Å². The zero-order valence-electron chi connectivity index (χ0n) is 13.8. The van der Waals surface area contributed by atoms with Crippen LogP contribution >= 0.6 is 0 Å². The van der Waals surface area contributed by atoms with Crippen LogP contribution in [0.15, 0.2) is 29.2 Å². The van der Waals surface area contributed by atoms with Crippen molar-refractivity contribution in [1.82, 2.24) is 9.62 Å². The Bertz CT molecular complexity index is 756. The molecule has 1 aliphatic heterocycles. The topological polar surface area (TPSA) is 104 Å². The lowest BCUT2D eigenvalue weighted by Crippen LogP contribution is -2.40. The number of aliphatic carboxylic acids is 1. The molecule has 0 aromatic heterocycles. The smallest absolute Gasteiger partial charge is 0.326 e. The van der Waals surface area contributed by atoms with E-state index < -0.39 is 22.0 Å². The lowest BCUT2D eigenvalue weighted by molar-refractivity contribution is -0.148. The summed E-state index contributed by atoms with van der Waals surface area (Å²) >= 11 is 0. The standard InChI is InChI=1S/C17H22N2O5S/c20-16(19-11-1-2-15(19)17(21)22)10-5-12-3-8-14(9-4-12)25(23,24)18-13-6-7-13/h3-4,8-9,13,15,18H,1-2,5-7,10-11H2,(H,21,22)/t15-/m1/s1. The van der Waals surface area contributed by atoms with E-state index in [-0.39, 0.29) is 23.3 Å². The number of nitrogens with one attached hydrogen (secondary N) is 1. The van der Waals surface area contributed by atoms with E-state index >= 15 is 0 Å². The van der Waals surface area contributed by atoms with Crippen LogP contribution in [-0.4, -0.2) is 48.9 Å². The van der Waals surface area contributed by atoms with Gasteiger partial charge in [0.2, 0.25) is 15.9 Å². The monoisotopic (exact) mass is 366 g/mol. The molecule has 0 spiro atoms. The molecule has 3 rings (SSSR count). The summed E-state index contributed by atoms with van der Waals surface area (Å²) in [4.78, 5) is 25.0. The summed E-state index contributed by atoms with van der Waals surface area (Å²) in [5, 5.41) is 9.13. The predicted molar refractivity (Wildman–Crippen MR) is 90.5 cm³/mol. The minimum Gasteiger partial charge on any atom is -0.480 e. The Kier molecular flexibility index (Phi) is 5.10. The lowest BCUT2D eigenvalue weighted by Gasteiger charge is -2.21. The molecule has 1 amide bonds. The van der Waals surface area contributed by atoms with Crippen molar-refractivity contribution in [3.05, 3.63) is 29.8 Å². The van der Waals surface area contributed by atoms with E-state index in [9.17, 15) is 18.0 Å². The molecule has 1 heterocycles. The minimum absolute atomic E-state index is 0.0601. The summed E-state index contributed by atoms with van der Waals surface area (Å²) in [5.74, 6) is -1.12. The molecule has 1 aliphatic carbocycles. The summed E-state index contributed by atoms with van der Waals surface area (Å²) in [6, 6.07) is 5.83. The van der Waals surface area contributed by atoms with E-state index in [1.165, 1.54) is 4.90 Å². The Morgan fingerprint density at radius 1 is 1.16 bits per heavy atom. The van der Waals surface area contributed by atoms with Crippen molar-refractivity contribution in [3.8, 4) is 0 Å². The van der Waals surface area contributed by atoms with Crippen LogP contribution < -0.4 is 4.72 Å². The second-order valence-electron chi connectivity index (χ2n) is 6.62. The van der Waals surface area contributed by atoms with Gasteiger partial charge in [0.1, 0.15) is 6.04 Å². The van der Waals surface area contributed by atoms with Gasteiger partial charge in [-0.2, -0.15) is 0 Å². The highest BCUT2D eigenvalue weighted by Crippen LogP contribution is 2.23. The van der Waals surface area contributed by atoms with Gasteiger partial charge in [0.15, 0.2) is 0 Å². The second-order valence-corrected chi connectivity index (χ2v) is 8.34.